The van der Waals surface area contributed by atoms with E-state index in [1.54, 1.807) is 23.8 Å². The second kappa shape index (κ2) is 13.6. The van der Waals surface area contributed by atoms with Crippen LogP contribution in [0.2, 0.25) is 0 Å². The number of rotatable bonds is 12. The first kappa shape index (κ1) is 29.2. The van der Waals surface area contributed by atoms with Crippen LogP contribution in [-0.4, -0.2) is 52.2 Å². The topological polar surface area (TPSA) is 107 Å². The van der Waals surface area contributed by atoms with E-state index in [1.165, 1.54) is 23.5 Å². The van der Waals surface area contributed by atoms with Gasteiger partial charge in [-0.05, 0) is 30.7 Å². The molecule has 40 heavy (non-hydrogen) atoms. The predicted molar refractivity (Wildman–Crippen MR) is 144 cm³/mol. The second-order valence-electron chi connectivity index (χ2n) is 9.30. The number of nitrogens with zero attached hydrogens (tertiary/aromatic N) is 4. The summed E-state index contributed by atoms with van der Waals surface area (Å²) in [6.45, 7) is 3.33. The number of aromatic nitrogens is 3. The van der Waals surface area contributed by atoms with Crippen LogP contribution in [0.1, 0.15) is 72.7 Å². The molecule has 1 N–H and O–H groups in total. The second-order valence-corrected chi connectivity index (χ2v) is 10.1. The zero-order valence-electron chi connectivity index (χ0n) is 21.9. The monoisotopic (exact) mass is 577 g/mol. The van der Waals surface area contributed by atoms with Gasteiger partial charge in [-0.1, -0.05) is 26.2 Å². The summed E-state index contributed by atoms with van der Waals surface area (Å²) in [5, 5.41) is 4.61. The Labute approximate surface area is 233 Å². The largest absolute Gasteiger partial charge is 0.573 e. The SMILES string of the molecule is CCCCCCC(=O)c1ccc(NC(=O)c2csc(N3CCC(Oc4ncccn4)CC3)n2)c(OC(F)(F)F)c1. The number of hydrogen-bond donors (Lipinski definition) is 1. The van der Waals surface area contributed by atoms with Gasteiger partial charge in [0.05, 0.1) is 5.69 Å². The number of halogens is 3. The van der Waals surface area contributed by atoms with Crippen LogP contribution in [-0.2, 0) is 0 Å². The fraction of sp³-hybridized carbons (Fsp3) is 0.444. The van der Waals surface area contributed by atoms with E-state index >= 15 is 0 Å². The Morgan fingerprint density at radius 2 is 1.88 bits per heavy atom. The lowest BCUT2D eigenvalue weighted by Gasteiger charge is -2.31. The molecule has 214 valence electrons. The van der Waals surface area contributed by atoms with Crippen molar-refractivity contribution in [3.63, 3.8) is 0 Å². The van der Waals surface area contributed by atoms with Crippen molar-refractivity contribution in [1.29, 1.82) is 0 Å². The zero-order chi connectivity index (χ0) is 28.5. The zero-order valence-corrected chi connectivity index (χ0v) is 22.8. The van der Waals surface area contributed by atoms with Gasteiger partial charge in [-0.2, -0.15) is 0 Å². The highest BCUT2D eigenvalue weighted by atomic mass is 32.1. The first-order valence-corrected chi connectivity index (χ1v) is 14.0. The third kappa shape index (κ3) is 8.38. The van der Waals surface area contributed by atoms with Gasteiger partial charge in [0.15, 0.2) is 16.7 Å². The number of carbonyl (C=O) groups excluding carboxylic acids is 2. The Morgan fingerprint density at radius 1 is 1.12 bits per heavy atom. The summed E-state index contributed by atoms with van der Waals surface area (Å²) in [4.78, 5) is 39.9. The van der Waals surface area contributed by atoms with Crippen molar-refractivity contribution in [2.75, 3.05) is 23.3 Å². The number of Topliss-reactive ketones (excluding diaryl/α,β-unsaturated/α-hetero) is 1. The molecule has 1 aliphatic rings. The van der Waals surface area contributed by atoms with E-state index in [1.807, 2.05) is 11.8 Å². The van der Waals surface area contributed by atoms with Gasteiger partial charge in [0.1, 0.15) is 11.8 Å². The van der Waals surface area contributed by atoms with Gasteiger partial charge >= 0.3 is 12.4 Å². The molecule has 0 atom stereocenters. The van der Waals surface area contributed by atoms with Crippen LogP contribution in [0.25, 0.3) is 0 Å². The van der Waals surface area contributed by atoms with Crippen molar-refractivity contribution < 1.29 is 32.2 Å². The van der Waals surface area contributed by atoms with E-state index in [9.17, 15) is 22.8 Å². The number of benzene rings is 1. The molecular weight excluding hydrogens is 547 g/mol. The molecule has 1 saturated heterocycles. The normalized spacial score (nSPS) is 14.2. The number of thiazole rings is 1. The maximum absolute atomic E-state index is 13.1. The quantitative estimate of drug-likeness (QED) is 0.198. The number of piperidine rings is 1. The molecule has 0 saturated carbocycles. The Bertz CT molecular complexity index is 1280. The first-order chi connectivity index (χ1) is 19.2. The standard InChI is InChI=1S/C27H30F3N5O4S/c1-2-3-4-5-7-22(36)18-8-9-20(23(16-18)39-27(28,29)30)33-24(37)21-17-40-26(34-21)35-14-10-19(11-15-35)38-25-31-12-6-13-32-25/h6,8-9,12-13,16-17,19H,2-5,7,10-11,14-15H2,1H3,(H,33,37). The molecule has 3 heterocycles. The molecule has 0 spiro atoms. The molecule has 0 bridgehead atoms. The lowest BCUT2D eigenvalue weighted by molar-refractivity contribution is -0.274. The van der Waals surface area contributed by atoms with E-state index in [-0.39, 0.29) is 35.3 Å². The van der Waals surface area contributed by atoms with Gasteiger partial charge in [-0.15, -0.1) is 24.5 Å². The van der Waals surface area contributed by atoms with E-state index in [0.29, 0.717) is 43.5 Å². The number of hydrogen-bond acceptors (Lipinski definition) is 9. The number of carbonyl (C=O) groups is 2. The average molecular weight is 578 g/mol. The molecule has 3 aromatic rings. The Balaban J connectivity index is 1.38. The van der Waals surface area contributed by atoms with Crippen LogP contribution in [0.5, 0.6) is 11.8 Å². The molecule has 13 heteroatoms. The Morgan fingerprint density at radius 3 is 2.58 bits per heavy atom. The maximum atomic E-state index is 13.1. The van der Waals surface area contributed by atoms with Crippen LogP contribution in [0.15, 0.2) is 42.0 Å². The molecule has 1 aromatic carbocycles. The fourth-order valence-electron chi connectivity index (χ4n) is 4.23. The van der Waals surface area contributed by atoms with E-state index < -0.39 is 18.0 Å². The highest BCUT2D eigenvalue weighted by molar-refractivity contribution is 7.14. The first-order valence-electron chi connectivity index (χ1n) is 13.1. The van der Waals surface area contributed by atoms with Gasteiger partial charge < -0.3 is 19.7 Å². The number of ketones is 1. The molecule has 1 fully saturated rings. The summed E-state index contributed by atoms with van der Waals surface area (Å²) in [5.74, 6) is -1.62. The molecule has 2 aromatic heterocycles. The highest BCUT2D eigenvalue weighted by Crippen LogP contribution is 2.33. The van der Waals surface area contributed by atoms with Gasteiger partial charge in [-0.3, -0.25) is 9.59 Å². The molecule has 0 unspecified atom stereocenters. The van der Waals surface area contributed by atoms with Gasteiger partial charge in [-0.25, -0.2) is 15.0 Å². The third-order valence-corrected chi connectivity index (χ3v) is 7.19. The minimum Gasteiger partial charge on any atom is -0.460 e. The number of amides is 1. The van der Waals surface area contributed by atoms with Gasteiger partial charge in [0.2, 0.25) is 0 Å². The summed E-state index contributed by atoms with van der Waals surface area (Å²) < 4.78 is 49.3. The number of alkyl halides is 3. The number of ether oxygens (including phenoxy) is 2. The molecule has 0 aliphatic carbocycles. The average Bonchev–Trinajstić information content (AvgIpc) is 3.43. The lowest BCUT2D eigenvalue weighted by Crippen LogP contribution is -2.38. The summed E-state index contributed by atoms with van der Waals surface area (Å²) in [6.07, 6.45) is 3.33. The Hall–Kier alpha value is -3.74. The lowest BCUT2D eigenvalue weighted by atomic mass is 10.0. The Kier molecular flexibility index (Phi) is 9.91. The predicted octanol–water partition coefficient (Wildman–Crippen LogP) is 6.28. The summed E-state index contributed by atoms with van der Waals surface area (Å²) in [6, 6.07) is 5.69. The van der Waals surface area contributed by atoms with Crippen LogP contribution in [0.4, 0.5) is 24.0 Å². The smallest absolute Gasteiger partial charge is 0.460 e. The summed E-state index contributed by atoms with van der Waals surface area (Å²) >= 11 is 1.26. The molecule has 0 radical (unpaired) electrons. The van der Waals surface area contributed by atoms with E-state index in [4.69, 9.17) is 4.74 Å². The van der Waals surface area contributed by atoms with E-state index in [0.717, 1.165) is 25.3 Å². The van der Waals surface area contributed by atoms with Crippen molar-refractivity contribution in [3.05, 3.63) is 53.3 Å². The molecule has 1 amide bonds. The molecule has 1 aliphatic heterocycles. The molecule has 9 nitrogen and oxygen atoms in total. The minimum absolute atomic E-state index is 0.0420. The van der Waals surface area contributed by atoms with Crippen molar-refractivity contribution in [2.45, 2.75) is 64.3 Å². The van der Waals surface area contributed by atoms with Gasteiger partial charge in [0.25, 0.3) is 5.91 Å². The number of nitrogens with one attached hydrogen (secondary N) is 1. The fourth-order valence-corrected chi connectivity index (χ4v) is 5.08. The highest BCUT2D eigenvalue weighted by Gasteiger charge is 2.33. The van der Waals surface area contributed by atoms with E-state index in [2.05, 4.69) is 25.0 Å². The van der Waals surface area contributed by atoms with Crippen LogP contribution in [0, 0.1) is 0 Å². The van der Waals surface area contributed by atoms with Crippen LogP contribution < -0.4 is 19.7 Å². The summed E-state index contributed by atoms with van der Waals surface area (Å²) in [7, 11) is 0. The van der Waals surface area contributed by atoms with Crippen LogP contribution in [0.3, 0.4) is 0 Å². The number of anilines is 2. The third-order valence-electron chi connectivity index (χ3n) is 6.29. The van der Waals surface area contributed by atoms with Crippen molar-refractivity contribution in [3.8, 4) is 11.8 Å². The molecular formula is C27H30F3N5O4S. The van der Waals surface area contributed by atoms with Crippen molar-refractivity contribution in [2.24, 2.45) is 0 Å². The molecule has 4 rings (SSSR count). The maximum Gasteiger partial charge on any atom is 0.573 e. The van der Waals surface area contributed by atoms with Crippen molar-refractivity contribution in [1.82, 2.24) is 15.0 Å². The minimum atomic E-state index is -5.00. The van der Waals surface area contributed by atoms with Crippen LogP contribution >= 0.6 is 11.3 Å². The number of unbranched alkanes of at least 4 members (excludes halogenated alkanes) is 3. The van der Waals surface area contributed by atoms with Crippen molar-refractivity contribution >= 4 is 33.8 Å². The summed E-state index contributed by atoms with van der Waals surface area (Å²) in [5.41, 5.74) is -0.0542. The van der Waals surface area contributed by atoms with Gasteiger partial charge in [0, 0.05) is 55.7 Å².